The number of fused-ring (bicyclic) bond motifs is 1. The second-order valence-corrected chi connectivity index (χ2v) is 7.78. The van der Waals surface area contributed by atoms with Crippen LogP contribution in [0.1, 0.15) is 32.0 Å². The fourth-order valence-corrected chi connectivity index (χ4v) is 3.79. The molecule has 0 saturated heterocycles. The summed E-state index contributed by atoms with van der Waals surface area (Å²) in [4.78, 5) is 44.3. The first kappa shape index (κ1) is 21.5. The SMILES string of the molecule is COC(=O)c1ccc(CN2C(=O)c3ccc(Cl)cc3NC(=O)C2Cc2ccccn2)cc1. The van der Waals surface area contributed by atoms with E-state index < -0.39 is 12.0 Å². The number of nitrogens with zero attached hydrogens (tertiary/aromatic N) is 2. The van der Waals surface area contributed by atoms with Crippen molar-refractivity contribution in [2.45, 2.75) is 19.0 Å². The van der Waals surface area contributed by atoms with Gasteiger partial charge in [0.05, 0.1) is 23.9 Å². The second kappa shape index (κ2) is 9.20. The van der Waals surface area contributed by atoms with Crippen molar-refractivity contribution in [2.24, 2.45) is 0 Å². The molecule has 1 atom stereocenters. The number of hydrogen-bond donors (Lipinski definition) is 1. The van der Waals surface area contributed by atoms with Gasteiger partial charge in [0.1, 0.15) is 6.04 Å². The van der Waals surface area contributed by atoms with Crippen LogP contribution in [0.5, 0.6) is 0 Å². The van der Waals surface area contributed by atoms with E-state index in [2.05, 4.69) is 10.3 Å². The molecular weight excluding hydrogens is 430 g/mol. The summed E-state index contributed by atoms with van der Waals surface area (Å²) >= 11 is 6.09. The molecule has 0 bridgehead atoms. The van der Waals surface area contributed by atoms with E-state index in [9.17, 15) is 14.4 Å². The third kappa shape index (κ3) is 4.48. The third-order valence-electron chi connectivity index (χ3n) is 5.27. The maximum absolute atomic E-state index is 13.5. The lowest BCUT2D eigenvalue weighted by atomic mass is 10.1. The molecule has 1 aliphatic heterocycles. The summed E-state index contributed by atoms with van der Waals surface area (Å²) in [6.07, 6.45) is 1.90. The summed E-state index contributed by atoms with van der Waals surface area (Å²) in [5, 5.41) is 3.26. The van der Waals surface area contributed by atoms with Gasteiger partial charge in [-0.15, -0.1) is 0 Å². The molecule has 2 heterocycles. The zero-order valence-corrected chi connectivity index (χ0v) is 18.0. The van der Waals surface area contributed by atoms with Gasteiger partial charge < -0.3 is 15.0 Å². The Morgan fingerprint density at radius 3 is 2.59 bits per heavy atom. The van der Waals surface area contributed by atoms with Gasteiger partial charge in [-0.3, -0.25) is 14.6 Å². The molecule has 2 aromatic carbocycles. The molecular formula is C24H20ClN3O4. The maximum atomic E-state index is 13.5. The Kier molecular flexibility index (Phi) is 6.18. The third-order valence-corrected chi connectivity index (χ3v) is 5.50. The molecule has 1 N–H and O–H groups in total. The van der Waals surface area contributed by atoms with E-state index in [1.165, 1.54) is 12.0 Å². The monoisotopic (exact) mass is 449 g/mol. The Hall–Kier alpha value is -3.71. The van der Waals surface area contributed by atoms with Crippen LogP contribution >= 0.6 is 11.6 Å². The standard InChI is InChI=1S/C24H20ClN3O4/c1-32-24(31)16-7-5-15(6-8-16)14-28-21(13-18-4-2-3-11-26-18)22(29)27-20-12-17(25)9-10-19(20)23(28)30/h2-12,21H,13-14H2,1H3,(H,27,29). The zero-order valence-electron chi connectivity index (χ0n) is 17.2. The van der Waals surface area contributed by atoms with E-state index >= 15 is 0 Å². The van der Waals surface area contributed by atoms with Crippen LogP contribution in [0, 0.1) is 0 Å². The number of hydrogen-bond acceptors (Lipinski definition) is 5. The van der Waals surface area contributed by atoms with Crippen LogP contribution < -0.4 is 5.32 Å². The van der Waals surface area contributed by atoms with Crippen LogP contribution in [0.2, 0.25) is 5.02 Å². The van der Waals surface area contributed by atoms with Gasteiger partial charge in [0, 0.05) is 29.9 Å². The lowest BCUT2D eigenvalue weighted by Crippen LogP contribution is -2.46. The van der Waals surface area contributed by atoms with Gasteiger partial charge in [-0.05, 0) is 48.0 Å². The van der Waals surface area contributed by atoms with E-state index in [0.29, 0.717) is 27.5 Å². The molecule has 7 nitrogen and oxygen atoms in total. The van der Waals surface area contributed by atoms with Crippen molar-refractivity contribution >= 4 is 35.1 Å². The first-order valence-electron chi connectivity index (χ1n) is 9.95. The van der Waals surface area contributed by atoms with Crippen molar-refractivity contribution in [1.82, 2.24) is 9.88 Å². The van der Waals surface area contributed by atoms with E-state index in [4.69, 9.17) is 16.3 Å². The Morgan fingerprint density at radius 1 is 1.12 bits per heavy atom. The van der Waals surface area contributed by atoms with Gasteiger partial charge in [0.15, 0.2) is 0 Å². The zero-order chi connectivity index (χ0) is 22.7. The van der Waals surface area contributed by atoms with Crippen LogP contribution in [-0.2, 0) is 22.5 Å². The summed E-state index contributed by atoms with van der Waals surface area (Å²) in [5.41, 5.74) is 2.60. The summed E-state index contributed by atoms with van der Waals surface area (Å²) in [7, 11) is 1.32. The highest BCUT2D eigenvalue weighted by Gasteiger charge is 2.35. The number of anilines is 1. The molecule has 0 saturated carbocycles. The number of esters is 1. The summed E-state index contributed by atoms with van der Waals surface area (Å²) in [5.74, 6) is -1.06. The highest BCUT2D eigenvalue weighted by Crippen LogP contribution is 2.28. The smallest absolute Gasteiger partial charge is 0.337 e. The normalized spacial score (nSPS) is 15.6. The summed E-state index contributed by atoms with van der Waals surface area (Å²) in [6, 6.07) is 16.2. The maximum Gasteiger partial charge on any atom is 0.337 e. The van der Waals surface area contributed by atoms with Crippen LogP contribution in [0.15, 0.2) is 66.9 Å². The van der Waals surface area contributed by atoms with Gasteiger partial charge in [-0.25, -0.2) is 4.79 Å². The highest BCUT2D eigenvalue weighted by atomic mass is 35.5. The number of ether oxygens (including phenoxy) is 1. The van der Waals surface area contributed by atoms with Crippen molar-refractivity contribution in [1.29, 1.82) is 0 Å². The number of pyridine rings is 1. The molecule has 1 aromatic heterocycles. The predicted molar refractivity (Wildman–Crippen MR) is 119 cm³/mol. The van der Waals surface area contributed by atoms with E-state index in [0.717, 1.165) is 5.56 Å². The number of halogens is 1. The van der Waals surface area contributed by atoms with Crippen molar-refractivity contribution in [3.63, 3.8) is 0 Å². The minimum atomic E-state index is -0.788. The lowest BCUT2D eigenvalue weighted by molar-refractivity contribution is -0.120. The Morgan fingerprint density at radius 2 is 1.91 bits per heavy atom. The van der Waals surface area contributed by atoms with Gasteiger partial charge in [-0.2, -0.15) is 0 Å². The molecule has 0 aliphatic carbocycles. The number of carbonyl (C=O) groups is 3. The average molecular weight is 450 g/mol. The molecule has 1 unspecified atom stereocenters. The number of benzene rings is 2. The minimum Gasteiger partial charge on any atom is -0.465 e. The van der Waals surface area contributed by atoms with E-state index in [-0.39, 0.29) is 24.8 Å². The number of aromatic nitrogens is 1. The molecule has 162 valence electrons. The molecule has 1 aliphatic rings. The first-order chi connectivity index (χ1) is 15.5. The average Bonchev–Trinajstić information content (AvgIpc) is 2.89. The largest absolute Gasteiger partial charge is 0.465 e. The molecule has 3 aromatic rings. The topological polar surface area (TPSA) is 88.6 Å². The predicted octanol–water partition coefficient (Wildman–Crippen LogP) is 3.73. The van der Waals surface area contributed by atoms with Crippen molar-refractivity contribution in [3.8, 4) is 0 Å². The van der Waals surface area contributed by atoms with Gasteiger partial charge >= 0.3 is 5.97 Å². The summed E-state index contributed by atoms with van der Waals surface area (Å²) in [6.45, 7) is 0.174. The molecule has 0 fully saturated rings. The van der Waals surface area contributed by atoms with Gasteiger partial charge in [0.25, 0.3) is 5.91 Å². The minimum absolute atomic E-state index is 0.174. The molecule has 0 radical (unpaired) electrons. The Balaban J connectivity index is 1.71. The van der Waals surface area contributed by atoms with Gasteiger partial charge in [-0.1, -0.05) is 29.8 Å². The number of amides is 2. The van der Waals surface area contributed by atoms with Crippen LogP contribution in [0.4, 0.5) is 5.69 Å². The Bertz CT molecular complexity index is 1170. The number of nitrogens with one attached hydrogen (secondary N) is 1. The molecule has 0 spiro atoms. The quantitative estimate of drug-likeness (QED) is 0.599. The van der Waals surface area contributed by atoms with Crippen LogP contribution in [-0.4, -0.2) is 40.8 Å². The van der Waals surface area contributed by atoms with E-state index in [1.54, 1.807) is 54.7 Å². The van der Waals surface area contributed by atoms with Crippen LogP contribution in [0.25, 0.3) is 0 Å². The second-order valence-electron chi connectivity index (χ2n) is 7.34. The van der Waals surface area contributed by atoms with E-state index in [1.807, 2.05) is 12.1 Å². The number of methoxy groups -OCH3 is 1. The Labute approximate surface area is 190 Å². The van der Waals surface area contributed by atoms with Gasteiger partial charge in [0.2, 0.25) is 5.91 Å². The van der Waals surface area contributed by atoms with Crippen molar-refractivity contribution in [2.75, 3.05) is 12.4 Å². The molecule has 4 rings (SSSR count). The number of rotatable bonds is 5. The molecule has 8 heteroatoms. The fraction of sp³-hybridized carbons (Fsp3) is 0.167. The highest BCUT2D eigenvalue weighted by molar-refractivity contribution is 6.31. The molecule has 32 heavy (non-hydrogen) atoms. The molecule has 2 amide bonds. The van der Waals surface area contributed by atoms with Crippen molar-refractivity contribution < 1.29 is 19.1 Å². The lowest BCUT2D eigenvalue weighted by Gasteiger charge is -2.28. The van der Waals surface area contributed by atoms with Crippen LogP contribution in [0.3, 0.4) is 0 Å². The first-order valence-corrected chi connectivity index (χ1v) is 10.3. The van der Waals surface area contributed by atoms with Crippen molar-refractivity contribution in [3.05, 3.63) is 94.3 Å². The fourth-order valence-electron chi connectivity index (χ4n) is 3.62. The number of carbonyl (C=O) groups excluding carboxylic acids is 3. The summed E-state index contributed by atoms with van der Waals surface area (Å²) < 4.78 is 4.73.